The van der Waals surface area contributed by atoms with Gasteiger partial charge in [0, 0.05) is 18.7 Å². The lowest BCUT2D eigenvalue weighted by Crippen LogP contribution is -2.49. The Labute approximate surface area is 343 Å². The predicted octanol–water partition coefficient (Wildman–Crippen LogP) is 8.85. The van der Waals surface area contributed by atoms with E-state index in [1.807, 2.05) is 97.1 Å². The largest absolute Gasteiger partial charge is 0.475 e. The van der Waals surface area contributed by atoms with Crippen molar-refractivity contribution in [3.8, 4) is 5.88 Å². The molecule has 3 aliphatic rings. The van der Waals surface area contributed by atoms with Gasteiger partial charge in [0.05, 0.1) is 18.8 Å². The van der Waals surface area contributed by atoms with Crippen molar-refractivity contribution < 1.29 is 32.1 Å². The Bertz CT molecular complexity index is 2390. The summed E-state index contributed by atoms with van der Waals surface area (Å²) >= 11 is 0. The van der Waals surface area contributed by atoms with Crippen LogP contribution in [-0.4, -0.2) is 62.7 Å². The summed E-state index contributed by atoms with van der Waals surface area (Å²) in [6.07, 6.45) is 1.18. The number of amides is 3. The quantitative estimate of drug-likeness (QED) is 0.143. The Morgan fingerprint density at radius 3 is 2.12 bits per heavy atom. The van der Waals surface area contributed by atoms with E-state index in [1.54, 1.807) is 27.8 Å². The van der Waals surface area contributed by atoms with Gasteiger partial charge in [0.1, 0.15) is 22.6 Å². The molecule has 3 amide bonds. The first kappa shape index (κ1) is 40.2. The van der Waals surface area contributed by atoms with Gasteiger partial charge in [0.25, 0.3) is 0 Å². The van der Waals surface area contributed by atoms with Gasteiger partial charge in [0.15, 0.2) is 9.92 Å². The number of urea groups is 1. The molecule has 3 atom stereocenters. The number of rotatable bonds is 9. The molecule has 2 unspecified atom stereocenters. The third kappa shape index (κ3) is 7.71. The molecule has 2 aliphatic carbocycles. The van der Waals surface area contributed by atoms with Crippen LogP contribution in [0.15, 0.2) is 113 Å². The number of fused-ring (bicyclic) bond motifs is 3. The number of hydrogen-bond acceptors (Lipinski definition) is 6. The molecule has 2 heterocycles. The lowest BCUT2D eigenvalue weighted by atomic mass is 9.78. The van der Waals surface area contributed by atoms with E-state index >= 15 is 4.21 Å². The van der Waals surface area contributed by atoms with E-state index in [2.05, 4.69) is 19.5 Å². The maximum absolute atomic E-state index is 16.3. The molecule has 59 heavy (non-hydrogen) atoms. The monoisotopic (exact) mass is 822 g/mol. The molecular weight excluding hydrogens is 775 g/mol. The second kappa shape index (κ2) is 15.9. The van der Waals surface area contributed by atoms with Crippen molar-refractivity contribution in [2.24, 2.45) is 4.36 Å². The van der Waals surface area contributed by atoms with E-state index in [-0.39, 0.29) is 30.3 Å². The Hall–Kier alpha value is -5.60. The minimum atomic E-state index is -4.12. The Morgan fingerprint density at radius 1 is 0.932 bits per heavy atom. The molecule has 0 saturated carbocycles. The summed E-state index contributed by atoms with van der Waals surface area (Å²) < 4.78 is 66.7. The number of anilines is 1. The summed E-state index contributed by atoms with van der Waals surface area (Å²) in [6.45, 7) is 5.54. The van der Waals surface area contributed by atoms with Crippen molar-refractivity contribution in [3.63, 3.8) is 0 Å². The van der Waals surface area contributed by atoms with Crippen molar-refractivity contribution in [1.29, 1.82) is 0 Å². The van der Waals surface area contributed by atoms with Crippen LogP contribution < -0.4 is 14.8 Å². The van der Waals surface area contributed by atoms with Crippen LogP contribution >= 0.6 is 0 Å². The third-order valence-electron chi connectivity index (χ3n) is 11.4. The summed E-state index contributed by atoms with van der Waals surface area (Å²) in [5.74, 6) is -0.936. The molecule has 8 rings (SSSR count). The number of benzene rings is 4. The van der Waals surface area contributed by atoms with Crippen molar-refractivity contribution in [3.05, 3.63) is 142 Å². The highest BCUT2D eigenvalue weighted by molar-refractivity contribution is 7.92. The van der Waals surface area contributed by atoms with Gasteiger partial charge in [-0.05, 0) is 91.8 Å². The molecular formula is C45H48F2N6O5S. The number of alkyl halides is 2. The minimum Gasteiger partial charge on any atom is -0.475 e. The number of halogens is 2. The zero-order valence-corrected chi connectivity index (χ0v) is 34.3. The van der Waals surface area contributed by atoms with Crippen molar-refractivity contribution in [2.45, 2.75) is 93.8 Å². The smallest absolute Gasteiger partial charge is 0.410 e. The number of likely N-dealkylation sites (N-methyl/N-ethyl adjacent to an activating group) is 1. The molecule has 0 spiro atoms. The first-order valence-corrected chi connectivity index (χ1v) is 21.4. The molecule has 1 aliphatic heterocycles. The fraction of sp³-hybridized carbons (Fsp3) is 0.356. The molecule has 308 valence electrons. The third-order valence-corrected chi connectivity index (χ3v) is 13.2. The van der Waals surface area contributed by atoms with Crippen LogP contribution in [0.2, 0.25) is 0 Å². The fourth-order valence-corrected chi connectivity index (χ4v) is 10.5. The second-order valence-electron chi connectivity index (χ2n) is 16.3. The molecule has 4 aromatic carbocycles. The van der Waals surface area contributed by atoms with Crippen LogP contribution in [-0.2, 0) is 46.0 Å². The normalized spacial score (nSPS) is 18.2. The van der Waals surface area contributed by atoms with E-state index in [1.165, 1.54) is 15.8 Å². The molecule has 0 radical (unpaired) electrons. The van der Waals surface area contributed by atoms with Gasteiger partial charge in [-0.1, -0.05) is 97.1 Å². The number of carbonyl (C=O) groups excluding carboxylic acids is 2. The maximum atomic E-state index is 16.3. The molecule has 14 heteroatoms. The summed E-state index contributed by atoms with van der Waals surface area (Å²) in [6, 6.07) is 29.0. The zero-order chi connectivity index (χ0) is 41.5. The predicted molar refractivity (Wildman–Crippen MR) is 221 cm³/mol. The molecule has 0 fully saturated rings. The lowest BCUT2D eigenvalue weighted by molar-refractivity contribution is 0.0101. The standard InChI is InChI=1S/C45H48F2N6O5S/c1-44(2,3)58-43(55)52(4)34-27-53-41(57-28-34)37(26-48-53)59(56,50-42(54)49-39-35-22-14-15-29(35)25-30-23-24-36(38(30)39)40(46)47)51-45(31-16-8-5-9-17-31,32-18-10-6-11-19-32)33-20-12-7-13-21-33/h5-13,16-21,25-26,34,36,40H,14-15,22-24,27-28H2,1-4H3,(H2,49,50,51,54,56)/t34-,36?,59?/m0/s1. The van der Waals surface area contributed by atoms with Gasteiger partial charge in [-0.2, -0.15) is 5.10 Å². The van der Waals surface area contributed by atoms with Crippen molar-refractivity contribution in [1.82, 2.24) is 19.4 Å². The van der Waals surface area contributed by atoms with Gasteiger partial charge in [-0.15, -0.1) is 4.36 Å². The number of nitrogens with zero attached hydrogens (tertiary/aromatic N) is 4. The first-order chi connectivity index (χ1) is 28.3. The number of hydrogen-bond donors (Lipinski definition) is 2. The summed E-state index contributed by atoms with van der Waals surface area (Å²) in [4.78, 5) is 29.1. The van der Waals surface area contributed by atoms with Crippen LogP contribution in [0.25, 0.3) is 0 Å². The van der Waals surface area contributed by atoms with E-state index in [4.69, 9.17) is 9.47 Å². The summed E-state index contributed by atoms with van der Waals surface area (Å²) in [5.41, 5.74) is 3.45. The van der Waals surface area contributed by atoms with Gasteiger partial charge in [-0.3, -0.25) is 0 Å². The average molecular weight is 823 g/mol. The zero-order valence-electron chi connectivity index (χ0n) is 33.5. The van der Waals surface area contributed by atoms with E-state index in [0.29, 0.717) is 40.8 Å². The summed E-state index contributed by atoms with van der Waals surface area (Å²) in [5, 5.41) is 7.47. The first-order valence-electron chi connectivity index (χ1n) is 19.9. The van der Waals surface area contributed by atoms with Crippen LogP contribution in [0, 0.1) is 0 Å². The Kier molecular flexibility index (Phi) is 10.8. The van der Waals surface area contributed by atoms with Crippen LogP contribution in [0.4, 0.5) is 24.1 Å². The fourth-order valence-electron chi connectivity index (χ4n) is 8.59. The van der Waals surface area contributed by atoms with Gasteiger partial charge >= 0.3 is 12.1 Å². The van der Waals surface area contributed by atoms with Gasteiger partial charge in [0.2, 0.25) is 12.3 Å². The van der Waals surface area contributed by atoms with Crippen LogP contribution in [0.1, 0.15) is 78.5 Å². The van der Waals surface area contributed by atoms with Crippen LogP contribution in [0.3, 0.4) is 0 Å². The highest BCUT2D eigenvalue weighted by atomic mass is 32.2. The highest BCUT2D eigenvalue weighted by Gasteiger charge is 2.43. The van der Waals surface area contributed by atoms with E-state index in [0.717, 1.165) is 29.5 Å². The average Bonchev–Trinajstić information content (AvgIpc) is 3.99. The number of aromatic nitrogens is 2. The van der Waals surface area contributed by atoms with Crippen molar-refractivity contribution >= 4 is 27.7 Å². The maximum Gasteiger partial charge on any atom is 0.410 e. The van der Waals surface area contributed by atoms with E-state index < -0.39 is 51.6 Å². The summed E-state index contributed by atoms with van der Waals surface area (Å²) in [7, 11) is -2.51. The number of carbonyl (C=O) groups is 2. The van der Waals surface area contributed by atoms with Crippen molar-refractivity contribution in [2.75, 3.05) is 19.0 Å². The molecule has 2 N–H and O–H groups in total. The number of ether oxygens (including phenoxy) is 2. The molecule has 1 aromatic heterocycles. The Balaban J connectivity index is 1.29. The molecule has 11 nitrogen and oxygen atoms in total. The topological polar surface area (TPSA) is 127 Å². The molecule has 0 bridgehead atoms. The van der Waals surface area contributed by atoms with Gasteiger partial charge in [-0.25, -0.2) is 32.0 Å². The van der Waals surface area contributed by atoms with E-state index in [9.17, 15) is 18.4 Å². The van der Waals surface area contributed by atoms with Crippen LogP contribution in [0.5, 0.6) is 5.88 Å². The second-order valence-corrected chi connectivity index (χ2v) is 18.2. The SMILES string of the molecule is CN(C(=O)OC(C)(C)C)[C@@H]1COc2c(S(=O)(=NC(=O)Nc3c4c(cc5c3C(C(F)F)CC5)CCC4)NC(c3ccccc3)(c3ccccc3)c3ccccc3)cnn2C1. The minimum absolute atomic E-state index is 0.00664. The van der Waals surface area contributed by atoms with Gasteiger partial charge < -0.3 is 19.7 Å². The number of nitrogens with one attached hydrogen (secondary N) is 2. The Morgan fingerprint density at radius 2 is 1.54 bits per heavy atom. The molecule has 5 aromatic rings. The lowest BCUT2D eigenvalue weighted by Gasteiger charge is -2.38. The highest BCUT2D eigenvalue weighted by Crippen LogP contribution is 2.47. The molecule has 0 saturated heterocycles. The number of aryl methyl sites for hydroxylation is 2.